The molecule has 19 heavy (non-hydrogen) atoms. The van der Waals surface area contributed by atoms with E-state index in [2.05, 4.69) is 12.2 Å². The van der Waals surface area contributed by atoms with Gasteiger partial charge in [0.2, 0.25) is 0 Å². The molecule has 2 rings (SSSR count). The molecule has 2 atom stereocenters. The number of hydrogen-bond donors (Lipinski definition) is 1. The second kappa shape index (κ2) is 6.75. The van der Waals surface area contributed by atoms with Gasteiger partial charge in [0.15, 0.2) is 0 Å². The fourth-order valence-corrected chi connectivity index (χ4v) is 2.91. The number of rotatable bonds is 6. The van der Waals surface area contributed by atoms with Crippen molar-refractivity contribution in [3.05, 3.63) is 28.7 Å². The van der Waals surface area contributed by atoms with Gasteiger partial charge in [-0.2, -0.15) is 0 Å². The van der Waals surface area contributed by atoms with Crippen molar-refractivity contribution < 1.29 is 4.74 Å². The van der Waals surface area contributed by atoms with E-state index in [-0.39, 0.29) is 5.56 Å². The highest BCUT2D eigenvalue weighted by Crippen LogP contribution is 2.30. The van der Waals surface area contributed by atoms with Crippen LogP contribution < -0.4 is 10.9 Å². The molecule has 4 nitrogen and oxygen atoms in total. The Balaban J connectivity index is 2.06. The zero-order chi connectivity index (χ0) is 13.7. The number of ether oxygens (including phenoxy) is 1. The zero-order valence-corrected chi connectivity index (χ0v) is 11.9. The summed E-state index contributed by atoms with van der Waals surface area (Å²) in [6.45, 7) is 3.42. The Morgan fingerprint density at radius 1 is 1.42 bits per heavy atom. The summed E-state index contributed by atoms with van der Waals surface area (Å²) >= 11 is 0. The van der Waals surface area contributed by atoms with Crippen LogP contribution in [0.15, 0.2) is 23.1 Å². The topological polar surface area (TPSA) is 43.3 Å². The van der Waals surface area contributed by atoms with E-state index in [4.69, 9.17) is 4.74 Å². The normalized spacial score (nSPS) is 22.6. The fourth-order valence-electron chi connectivity index (χ4n) is 2.91. The van der Waals surface area contributed by atoms with Crippen molar-refractivity contribution >= 4 is 5.69 Å². The number of pyridine rings is 1. The Bertz CT molecular complexity index is 456. The second-order valence-corrected chi connectivity index (χ2v) is 5.29. The minimum Gasteiger partial charge on any atom is -0.383 e. The van der Waals surface area contributed by atoms with Gasteiger partial charge in [-0.05, 0) is 24.8 Å². The molecule has 1 aliphatic carbocycles. The van der Waals surface area contributed by atoms with Gasteiger partial charge in [-0.15, -0.1) is 0 Å². The molecular weight excluding hydrogens is 240 g/mol. The largest absolute Gasteiger partial charge is 0.383 e. The third-order valence-electron chi connectivity index (χ3n) is 4.06. The monoisotopic (exact) mass is 264 g/mol. The highest BCUT2D eigenvalue weighted by molar-refractivity contribution is 5.41. The van der Waals surface area contributed by atoms with Crippen LogP contribution in [0.25, 0.3) is 0 Å². The Kier molecular flexibility index (Phi) is 5.02. The van der Waals surface area contributed by atoms with Crippen molar-refractivity contribution in [3.8, 4) is 0 Å². The van der Waals surface area contributed by atoms with Crippen LogP contribution in [0, 0.1) is 5.92 Å². The maximum atomic E-state index is 11.7. The molecule has 0 amide bonds. The number of nitrogens with zero attached hydrogens (tertiary/aromatic N) is 1. The number of anilines is 1. The number of aromatic nitrogens is 1. The molecule has 0 saturated heterocycles. The number of methoxy groups -OCH3 is 1. The highest BCUT2D eigenvalue weighted by atomic mass is 16.5. The summed E-state index contributed by atoms with van der Waals surface area (Å²) in [6.07, 6.45) is 6.99. The summed E-state index contributed by atoms with van der Waals surface area (Å²) in [7, 11) is 1.65. The zero-order valence-electron chi connectivity index (χ0n) is 11.9. The van der Waals surface area contributed by atoms with Gasteiger partial charge in [0.25, 0.3) is 5.56 Å². The third kappa shape index (κ3) is 3.60. The average Bonchev–Trinajstić information content (AvgIpc) is 2.86. The predicted molar refractivity (Wildman–Crippen MR) is 77.6 cm³/mol. The van der Waals surface area contributed by atoms with Crippen molar-refractivity contribution in [2.45, 2.75) is 45.2 Å². The van der Waals surface area contributed by atoms with E-state index in [0.29, 0.717) is 19.2 Å². The smallest absolute Gasteiger partial charge is 0.250 e. The molecule has 106 valence electrons. The van der Waals surface area contributed by atoms with E-state index in [0.717, 1.165) is 11.6 Å². The summed E-state index contributed by atoms with van der Waals surface area (Å²) in [5.41, 5.74) is 1.07. The van der Waals surface area contributed by atoms with Gasteiger partial charge in [-0.3, -0.25) is 4.79 Å². The first-order chi connectivity index (χ1) is 9.24. The lowest BCUT2D eigenvalue weighted by Gasteiger charge is -2.21. The standard InChI is InChI=1S/C15H24N2O2/c1-3-12-5-4-6-14(12)16-13-7-8-15(18)17(11-13)9-10-19-2/h7-8,11-12,14,16H,3-6,9-10H2,1-2H3. The number of nitrogens with one attached hydrogen (secondary N) is 1. The fraction of sp³-hybridized carbons (Fsp3) is 0.667. The summed E-state index contributed by atoms with van der Waals surface area (Å²) in [4.78, 5) is 11.7. The van der Waals surface area contributed by atoms with E-state index in [1.54, 1.807) is 17.7 Å². The van der Waals surface area contributed by atoms with Crippen molar-refractivity contribution in [2.75, 3.05) is 19.0 Å². The first-order valence-electron chi connectivity index (χ1n) is 7.20. The van der Waals surface area contributed by atoms with E-state index in [1.807, 2.05) is 12.3 Å². The molecule has 0 radical (unpaired) electrons. The molecule has 0 spiro atoms. The molecule has 1 fully saturated rings. The maximum Gasteiger partial charge on any atom is 0.250 e. The molecule has 4 heteroatoms. The van der Waals surface area contributed by atoms with E-state index >= 15 is 0 Å². The lowest BCUT2D eigenvalue weighted by Crippen LogP contribution is -2.26. The average molecular weight is 264 g/mol. The van der Waals surface area contributed by atoms with Crippen LogP contribution in [0.5, 0.6) is 0 Å². The minimum absolute atomic E-state index is 0.0288. The van der Waals surface area contributed by atoms with Crippen LogP contribution in [-0.4, -0.2) is 24.3 Å². The SMILES string of the molecule is CCC1CCCC1Nc1ccc(=O)n(CCOC)c1. The van der Waals surface area contributed by atoms with Crippen LogP contribution >= 0.6 is 0 Å². The predicted octanol–water partition coefficient (Wildman–Crippen LogP) is 2.49. The van der Waals surface area contributed by atoms with Crippen molar-refractivity contribution in [1.29, 1.82) is 0 Å². The maximum absolute atomic E-state index is 11.7. The van der Waals surface area contributed by atoms with Gasteiger partial charge in [-0.1, -0.05) is 19.8 Å². The lowest BCUT2D eigenvalue weighted by molar-refractivity contribution is 0.186. The quantitative estimate of drug-likeness (QED) is 0.858. The number of hydrogen-bond acceptors (Lipinski definition) is 3. The Morgan fingerprint density at radius 2 is 2.26 bits per heavy atom. The molecule has 1 aromatic rings. The molecule has 1 N–H and O–H groups in total. The molecule has 0 aromatic carbocycles. The van der Waals surface area contributed by atoms with Crippen LogP contribution in [-0.2, 0) is 11.3 Å². The minimum atomic E-state index is 0.0288. The van der Waals surface area contributed by atoms with Crippen molar-refractivity contribution in [3.63, 3.8) is 0 Å². The summed E-state index contributed by atoms with van der Waals surface area (Å²) in [6, 6.07) is 4.07. The van der Waals surface area contributed by atoms with Crippen LogP contribution in [0.2, 0.25) is 0 Å². The van der Waals surface area contributed by atoms with Gasteiger partial charge < -0.3 is 14.6 Å². The molecular formula is C15H24N2O2. The van der Waals surface area contributed by atoms with Gasteiger partial charge in [0, 0.05) is 32.0 Å². The molecule has 0 bridgehead atoms. The molecule has 1 aliphatic rings. The van der Waals surface area contributed by atoms with Crippen LogP contribution in [0.3, 0.4) is 0 Å². The molecule has 2 unspecified atom stereocenters. The van der Waals surface area contributed by atoms with Gasteiger partial charge in [0.05, 0.1) is 12.3 Å². The first-order valence-corrected chi connectivity index (χ1v) is 7.20. The summed E-state index contributed by atoms with van der Waals surface area (Å²) < 4.78 is 6.74. The molecule has 1 aromatic heterocycles. The van der Waals surface area contributed by atoms with Crippen molar-refractivity contribution in [1.82, 2.24) is 4.57 Å². The van der Waals surface area contributed by atoms with E-state index in [9.17, 15) is 4.79 Å². The second-order valence-electron chi connectivity index (χ2n) is 5.29. The van der Waals surface area contributed by atoms with Crippen LogP contribution in [0.1, 0.15) is 32.6 Å². The first kappa shape index (κ1) is 14.1. The molecule has 1 saturated carbocycles. The van der Waals surface area contributed by atoms with Crippen LogP contribution in [0.4, 0.5) is 5.69 Å². The van der Waals surface area contributed by atoms with Gasteiger partial charge in [-0.25, -0.2) is 0 Å². The Morgan fingerprint density at radius 3 is 3.00 bits per heavy atom. The molecule has 1 heterocycles. The van der Waals surface area contributed by atoms with E-state index in [1.165, 1.54) is 25.7 Å². The van der Waals surface area contributed by atoms with Gasteiger partial charge >= 0.3 is 0 Å². The Labute approximate surface area is 114 Å². The van der Waals surface area contributed by atoms with E-state index < -0.39 is 0 Å². The van der Waals surface area contributed by atoms with Crippen molar-refractivity contribution in [2.24, 2.45) is 5.92 Å². The summed E-state index contributed by atoms with van der Waals surface area (Å²) in [5, 5.41) is 3.59. The highest BCUT2D eigenvalue weighted by Gasteiger charge is 2.25. The third-order valence-corrected chi connectivity index (χ3v) is 4.06. The summed E-state index contributed by atoms with van der Waals surface area (Å²) in [5.74, 6) is 0.763. The van der Waals surface area contributed by atoms with Gasteiger partial charge in [0.1, 0.15) is 0 Å². The Hall–Kier alpha value is -1.29. The lowest BCUT2D eigenvalue weighted by atomic mass is 10.0. The molecule has 0 aliphatic heterocycles.